The Labute approximate surface area is 156 Å². The largest absolute Gasteiger partial charge is 0.462 e. The van der Waals surface area contributed by atoms with Crippen LogP contribution in [0.5, 0.6) is 0 Å². The molecule has 132 valence electrons. The maximum absolute atomic E-state index is 13.1. The molecule has 5 heteroatoms. The van der Waals surface area contributed by atoms with E-state index in [1.54, 1.807) is 31.2 Å². The molecule has 0 aliphatic carbocycles. The quantitative estimate of drug-likeness (QED) is 0.346. The summed E-state index contributed by atoms with van der Waals surface area (Å²) in [5, 5.41) is 0.403. The first-order valence-electron chi connectivity index (χ1n) is 8.20. The fraction of sp³-hybridized carbons (Fsp3) is 0.143. The molecule has 0 unspecified atom stereocenters. The second-order valence-electron chi connectivity index (χ2n) is 5.45. The third kappa shape index (κ3) is 3.44. The summed E-state index contributed by atoms with van der Waals surface area (Å²) >= 11 is 1.29. The predicted molar refractivity (Wildman–Crippen MR) is 102 cm³/mol. The van der Waals surface area contributed by atoms with E-state index in [4.69, 9.17) is 9.15 Å². The molecule has 3 aromatic rings. The van der Waals surface area contributed by atoms with Crippen molar-refractivity contribution in [3.8, 4) is 11.3 Å². The molecule has 0 amide bonds. The normalized spacial score (nSPS) is 10.5. The van der Waals surface area contributed by atoms with Crippen LogP contribution in [0, 0.1) is 0 Å². The molecule has 0 aliphatic heterocycles. The molecule has 4 nitrogen and oxygen atoms in total. The first-order chi connectivity index (χ1) is 12.7. The van der Waals surface area contributed by atoms with Crippen LogP contribution in [0.4, 0.5) is 0 Å². The van der Waals surface area contributed by atoms with Crippen molar-refractivity contribution in [2.75, 3.05) is 12.9 Å². The minimum atomic E-state index is -0.560. The topological polar surface area (TPSA) is 56.5 Å². The van der Waals surface area contributed by atoms with Crippen molar-refractivity contribution in [2.24, 2.45) is 0 Å². The SMILES string of the molecule is CCOC(=O)c1c(-c2ccccc2)oc(SC)c1C(=O)c1ccccc1. The van der Waals surface area contributed by atoms with Crippen LogP contribution in [0.2, 0.25) is 0 Å². The van der Waals surface area contributed by atoms with Crippen LogP contribution in [-0.4, -0.2) is 24.6 Å². The van der Waals surface area contributed by atoms with Crippen LogP contribution in [0.25, 0.3) is 11.3 Å². The zero-order valence-corrected chi connectivity index (χ0v) is 15.3. The Kier molecular flexibility index (Phi) is 5.58. The standard InChI is InChI=1S/C21H18O4S/c1-3-24-20(23)17-16(18(22)14-10-6-4-7-11-14)21(26-2)25-19(17)15-12-8-5-9-13-15/h4-13H,3H2,1-2H3. The van der Waals surface area contributed by atoms with Gasteiger partial charge < -0.3 is 9.15 Å². The van der Waals surface area contributed by atoms with Crippen molar-refractivity contribution < 1.29 is 18.7 Å². The fourth-order valence-corrected chi connectivity index (χ4v) is 3.25. The highest BCUT2D eigenvalue weighted by Crippen LogP contribution is 2.37. The summed E-state index contributed by atoms with van der Waals surface area (Å²) in [5.74, 6) is -0.466. The number of ether oxygens (including phenoxy) is 1. The van der Waals surface area contributed by atoms with Crippen LogP contribution in [-0.2, 0) is 4.74 Å². The van der Waals surface area contributed by atoms with Crippen LogP contribution in [0.3, 0.4) is 0 Å². The second kappa shape index (κ2) is 8.06. The maximum Gasteiger partial charge on any atom is 0.342 e. The van der Waals surface area contributed by atoms with Gasteiger partial charge in [0.25, 0.3) is 0 Å². The lowest BCUT2D eigenvalue weighted by atomic mass is 9.99. The van der Waals surface area contributed by atoms with Gasteiger partial charge in [0.05, 0.1) is 12.2 Å². The molecular formula is C21H18O4S. The van der Waals surface area contributed by atoms with Crippen LogP contribution < -0.4 is 0 Å². The van der Waals surface area contributed by atoms with E-state index in [0.29, 0.717) is 16.4 Å². The Bertz CT molecular complexity index is 914. The Morgan fingerprint density at radius 2 is 1.58 bits per heavy atom. The van der Waals surface area contributed by atoms with E-state index in [9.17, 15) is 9.59 Å². The van der Waals surface area contributed by atoms with Crippen LogP contribution in [0.15, 0.2) is 70.2 Å². The zero-order valence-electron chi connectivity index (χ0n) is 14.5. The molecule has 0 radical (unpaired) electrons. The summed E-state index contributed by atoms with van der Waals surface area (Å²) in [6, 6.07) is 18.1. The van der Waals surface area contributed by atoms with Crippen molar-refractivity contribution in [2.45, 2.75) is 12.0 Å². The predicted octanol–water partition coefficient (Wildman–Crippen LogP) is 5.08. The van der Waals surface area contributed by atoms with E-state index in [0.717, 1.165) is 5.56 Å². The third-order valence-corrected chi connectivity index (χ3v) is 4.50. The van der Waals surface area contributed by atoms with Gasteiger partial charge in [-0.3, -0.25) is 4.79 Å². The molecule has 26 heavy (non-hydrogen) atoms. The fourth-order valence-electron chi connectivity index (χ4n) is 2.68. The summed E-state index contributed by atoms with van der Waals surface area (Å²) in [6.45, 7) is 1.94. The number of carbonyl (C=O) groups is 2. The summed E-state index contributed by atoms with van der Waals surface area (Å²) in [7, 11) is 0. The summed E-state index contributed by atoms with van der Waals surface area (Å²) < 4.78 is 11.1. The smallest absolute Gasteiger partial charge is 0.342 e. The highest BCUT2D eigenvalue weighted by atomic mass is 32.2. The first-order valence-corrected chi connectivity index (χ1v) is 9.42. The molecule has 0 bridgehead atoms. The maximum atomic E-state index is 13.1. The van der Waals surface area contributed by atoms with E-state index in [1.165, 1.54) is 11.8 Å². The molecule has 1 heterocycles. The van der Waals surface area contributed by atoms with Gasteiger partial charge in [-0.2, -0.15) is 0 Å². The van der Waals surface area contributed by atoms with E-state index in [-0.39, 0.29) is 23.5 Å². The van der Waals surface area contributed by atoms with Crippen molar-refractivity contribution in [3.05, 3.63) is 77.4 Å². The molecule has 1 aromatic heterocycles. The average molecular weight is 366 g/mol. The Morgan fingerprint density at radius 3 is 2.15 bits per heavy atom. The molecule has 0 N–H and O–H groups in total. The van der Waals surface area contributed by atoms with Gasteiger partial charge in [0.1, 0.15) is 5.56 Å². The first kappa shape index (κ1) is 18.0. The van der Waals surface area contributed by atoms with Gasteiger partial charge >= 0.3 is 5.97 Å². The minimum absolute atomic E-state index is 0.177. The average Bonchev–Trinajstić information content (AvgIpc) is 3.08. The molecule has 0 saturated carbocycles. The van der Waals surface area contributed by atoms with Crippen molar-refractivity contribution in [1.29, 1.82) is 0 Å². The van der Waals surface area contributed by atoms with Gasteiger partial charge in [0.2, 0.25) is 0 Å². The Morgan fingerprint density at radius 1 is 0.962 bits per heavy atom. The highest BCUT2D eigenvalue weighted by Gasteiger charge is 2.31. The summed E-state index contributed by atoms with van der Waals surface area (Å²) in [4.78, 5) is 25.8. The van der Waals surface area contributed by atoms with Crippen molar-refractivity contribution >= 4 is 23.5 Å². The van der Waals surface area contributed by atoms with Gasteiger partial charge in [-0.05, 0) is 13.2 Å². The molecule has 3 rings (SSSR count). The van der Waals surface area contributed by atoms with Crippen LogP contribution in [0.1, 0.15) is 33.2 Å². The number of hydrogen-bond donors (Lipinski definition) is 0. The lowest BCUT2D eigenvalue weighted by Gasteiger charge is -2.06. The number of furan rings is 1. The Balaban J connectivity index is 2.23. The number of ketones is 1. The van der Waals surface area contributed by atoms with E-state index < -0.39 is 5.97 Å². The van der Waals surface area contributed by atoms with Gasteiger partial charge in [0, 0.05) is 11.1 Å². The van der Waals surface area contributed by atoms with E-state index in [1.807, 2.05) is 42.7 Å². The zero-order chi connectivity index (χ0) is 18.5. The molecule has 0 aliphatic rings. The minimum Gasteiger partial charge on any atom is -0.462 e. The van der Waals surface area contributed by atoms with Gasteiger partial charge in [-0.1, -0.05) is 72.4 Å². The monoisotopic (exact) mass is 366 g/mol. The number of carbonyl (C=O) groups excluding carboxylic acids is 2. The lowest BCUT2D eigenvalue weighted by Crippen LogP contribution is -2.12. The molecule has 0 atom stereocenters. The highest BCUT2D eigenvalue weighted by molar-refractivity contribution is 7.98. The summed E-state index contributed by atoms with van der Waals surface area (Å²) in [5.41, 5.74) is 1.64. The summed E-state index contributed by atoms with van der Waals surface area (Å²) in [6.07, 6.45) is 1.81. The van der Waals surface area contributed by atoms with Gasteiger partial charge in [0.15, 0.2) is 16.6 Å². The lowest BCUT2D eigenvalue weighted by molar-refractivity contribution is 0.0524. The number of rotatable bonds is 6. The second-order valence-corrected chi connectivity index (χ2v) is 6.23. The van der Waals surface area contributed by atoms with E-state index >= 15 is 0 Å². The number of hydrogen-bond acceptors (Lipinski definition) is 5. The molecule has 0 saturated heterocycles. The van der Waals surface area contributed by atoms with Gasteiger partial charge in [-0.15, -0.1) is 0 Å². The number of thioether (sulfide) groups is 1. The molecule has 0 fully saturated rings. The third-order valence-electron chi connectivity index (χ3n) is 3.84. The van der Waals surface area contributed by atoms with Gasteiger partial charge in [-0.25, -0.2) is 4.79 Å². The molecular weight excluding hydrogens is 348 g/mol. The van der Waals surface area contributed by atoms with E-state index in [2.05, 4.69) is 0 Å². The van der Waals surface area contributed by atoms with Crippen molar-refractivity contribution in [1.82, 2.24) is 0 Å². The van der Waals surface area contributed by atoms with Crippen molar-refractivity contribution in [3.63, 3.8) is 0 Å². The Hall–Kier alpha value is -2.79. The van der Waals surface area contributed by atoms with Crippen LogP contribution >= 0.6 is 11.8 Å². The molecule has 2 aromatic carbocycles. The molecule has 0 spiro atoms. The number of esters is 1. The number of benzene rings is 2.